The van der Waals surface area contributed by atoms with Gasteiger partial charge in [0.05, 0.1) is 5.70 Å². The van der Waals surface area contributed by atoms with Gasteiger partial charge in [-0.15, -0.1) is 0 Å². The zero-order chi connectivity index (χ0) is 21.1. The Morgan fingerprint density at radius 1 is 1.03 bits per heavy atom. The topological polar surface area (TPSA) is 33.2 Å². The fourth-order valence-electron chi connectivity index (χ4n) is 3.57. The zero-order valence-electron chi connectivity index (χ0n) is 16.0. The van der Waals surface area contributed by atoms with E-state index >= 15 is 0 Å². The van der Waals surface area contributed by atoms with Gasteiger partial charge in [-0.05, 0) is 70.8 Å². The maximum atomic E-state index is 12.3. The van der Waals surface area contributed by atoms with Crippen molar-refractivity contribution in [1.82, 2.24) is 4.98 Å². The van der Waals surface area contributed by atoms with E-state index < -0.39 is 6.04 Å². The second kappa shape index (κ2) is 8.70. The Morgan fingerprint density at radius 2 is 1.87 bits per heavy atom. The number of fused-ring (bicyclic) bond motifs is 1. The van der Waals surface area contributed by atoms with Crippen molar-refractivity contribution in [3.05, 3.63) is 118 Å². The Hall–Kier alpha value is -3.14. The van der Waals surface area contributed by atoms with Gasteiger partial charge in [-0.25, -0.2) is 4.98 Å². The first-order valence-corrected chi connectivity index (χ1v) is 10.1. The third-order valence-electron chi connectivity index (χ3n) is 4.91. The highest BCUT2D eigenvalue weighted by Gasteiger charge is 2.31. The summed E-state index contributed by atoms with van der Waals surface area (Å²) in [5.41, 5.74) is 4.35. The molecule has 0 fully saturated rings. The van der Waals surface area contributed by atoms with Crippen LogP contribution >= 0.6 is 23.2 Å². The molecule has 1 aromatic heterocycles. The quantitative estimate of drug-likeness (QED) is 0.329. The standard InChI is InChI=1S/C25H18Cl2N2O/c1-2-18(12-17-6-5-7-20(26)13-17)23-14-19-9-10-21(27)15-22(19)24(16-30)29(23)25-8-3-4-11-28-25/h2-16,24H,1H2. The lowest BCUT2D eigenvalue weighted by atomic mass is 9.91. The van der Waals surface area contributed by atoms with Gasteiger partial charge in [-0.1, -0.05) is 60.1 Å². The molecule has 1 unspecified atom stereocenters. The molecular weight excluding hydrogens is 415 g/mol. The normalized spacial score (nSPS) is 15.9. The van der Waals surface area contributed by atoms with Crippen LogP contribution in [0.3, 0.4) is 0 Å². The predicted octanol–water partition coefficient (Wildman–Crippen LogP) is 6.76. The number of rotatable bonds is 5. The number of hydrogen-bond acceptors (Lipinski definition) is 3. The zero-order valence-corrected chi connectivity index (χ0v) is 17.5. The molecule has 0 N–H and O–H groups in total. The maximum absolute atomic E-state index is 12.3. The summed E-state index contributed by atoms with van der Waals surface area (Å²) in [6, 6.07) is 18.2. The van der Waals surface area contributed by atoms with Crippen molar-refractivity contribution < 1.29 is 4.79 Å². The number of allylic oxidation sites excluding steroid dienone is 1. The molecule has 0 aliphatic carbocycles. The summed E-state index contributed by atoms with van der Waals surface area (Å²) in [5.74, 6) is 0.658. The van der Waals surface area contributed by atoms with E-state index in [4.69, 9.17) is 23.2 Å². The van der Waals surface area contributed by atoms with Gasteiger partial charge in [-0.2, -0.15) is 0 Å². The number of carbonyl (C=O) groups is 1. The molecular formula is C25H18Cl2N2O. The van der Waals surface area contributed by atoms with Crippen molar-refractivity contribution in [2.24, 2.45) is 0 Å². The van der Waals surface area contributed by atoms with E-state index in [2.05, 4.69) is 11.6 Å². The average molecular weight is 433 g/mol. The summed E-state index contributed by atoms with van der Waals surface area (Å²) in [6.45, 7) is 4.01. The van der Waals surface area contributed by atoms with Crippen LogP contribution in [0.4, 0.5) is 5.82 Å². The smallest absolute Gasteiger partial charge is 0.147 e. The molecule has 0 saturated heterocycles. The maximum Gasteiger partial charge on any atom is 0.147 e. The number of nitrogens with zero attached hydrogens (tertiary/aromatic N) is 2. The number of anilines is 1. The molecule has 3 nitrogen and oxygen atoms in total. The van der Waals surface area contributed by atoms with Crippen LogP contribution in [-0.4, -0.2) is 11.3 Å². The minimum absolute atomic E-state index is 0.573. The van der Waals surface area contributed by atoms with Crippen molar-refractivity contribution in [3.63, 3.8) is 0 Å². The monoisotopic (exact) mass is 432 g/mol. The first kappa shape index (κ1) is 20.1. The summed E-state index contributed by atoms with van der Waals surface area (Å²) in [5, 5.41) is 1.23. The molecule has 0 amide bonds. The number of halogens is 2. The van der Waals surface area contributed by atoms with E-state index in [0.29, 0.717) is 15.9 Å². The second-order valence-electron chi connectivity index (χ2n) is 6.80. The number of aromatic nitrogens is 1. The van der Waals surface area contributed by atoms with Crippen molar-refractivity contribution in [2.45, 2.75) is 6.04 Å². The SMILES string of the molecule is C=CC(=Cc1cccc(Cl)c1)C1=Cc2ccc(Cl)cc2C(C=O)N1c1ccccn1. The minimum atomic E-state index is -0.573. The molecule has 1 aliphatic rings. The number of aldehydes is 1. The average Bonchev–Trinajstić information content (AvgIpc) is 2.77. The lowest BCUT2D eigenvalue weighted by Crippen LogP contribution is -2.33. The van der Waals surface area contributed by atoms with E-state index in [9.17, 15) is 4.79 Å². The van der Waals surface area contributed by atoms with E-state index in [-0.39, 0.29) is 0 Å². The van der Waals surface area contributed by atoms with Crippen LogP contribution in [0, 0.1) is 0 Å². The number of pyridine rings is 1. The molecule has 1 atom stereocenters. The summed E-state index contributed by atoms with van der Waals surface area (Å²) < 4.78 is 0. The molecule has 2 aromatic carbocycles. The van der Waals surface area contributed by atoms with Crippen LogP contribution in [-0.2, 0) is 4.79 Å². The molecule has 148 valence electrons. The summed E-state index contributed by atoms with van der Waals surface area (Å²) in [4.78, 5) is 18.7. The molecule has 30 heavy (non-hydrogen) atoms. The van der Waals surface area contributed by atoms with Crippen molar-refractivity contribution in [2.75, 3.05) is 4.90 Å². The second-order valence-corrected chi connectivity index (χ2v) is 7.67. The van der Waals surface area contributed by atoms with Crippen molar-refractivity contribution in [1.29, 1.82) is 0 Å². The van der Waals surface area contributed by atoms with Gasteiger partial charge in [-0.3, -0.25) is 0 Å². The lowest BCUT2D eigenvalue weighted by Gasteiger charge is -2.36. The molecule has 4 rings (SSSR count). The molecule has 0 spiro atoms. The number of benzene rings is 2. The number of hydrogen-bond donors (Lipinski definition) is 0. The third kappa shape index (κ3) is 3.95. The summed E-state index contributed by atoms with van der Waals surface area (Å²) in [6.07, 6.45) is 8.40. The number of carbonyl (C=O) groups excluding carboxylic acids is 1. The molecule has 3 aromatic rings. The summed E-state index contributed by atoms with van der Waals surface area (Å²) in [7, 11) is 0. The third-order valence-corrected chi connectivity index (χ3v) is 5.38. The van der Waals surface area contributed by atoms with E-state index in [1.54, 1.807) is 12.3 Å². The summed E-state index contributed by atoms with van der Waals surface area (Å²) >= 11 is 12.4. The van der Waals surface area contributed by atoms with Crippen LogP contribution in [0.2, 0.25) is 10.0 Å². The van der Waals surface area contributed by atoms with Gasteiger partial charge < -0.3 is 9.69 Å². The Balaban J connectivity index is 1.94. The van der Waals surface area contributed by atoms with Crippen LogP contribution < -0.4 is 4.90 Å². The highest BCUT2D eigenvalue weighted by Crippen LogP contribution is 2.40. The Bertz CT molecular complexity index is 1170. The van der Waals surface area contributed by atoms with Gasteiger partial charge in [0.1, 0.15) is 18.1 Å². The van der Waals surface area contributed by atoms with E-state index in [1.165, 1.54) is 0 Å². The molecule has 0 bridgehead atoms. The fourth-order valence-corrected chi connectivity index (χ4v) is 3.95. The molecule has 2 heterocycles. The fraction of sp³-hybridized carbons (Fsp3) is 0.0400. The van der Waals surface area contributed by atoms with Crippen LogP contribution in [0.1, 0.15) is 22.7 Å². The lowest BCUT2D eigenvalue weighted by molar-refractivity contribution is -0.109. The highest BCUT2D eigenvalue weighted by atomic mass is 35.5. The highest BCUT2D eigenvalue weighted by molar-refractivity contribution is 6.31. The van der Waals surface area contributed by atoms with Crippen LogP contribution in [0.25, 0.3) is 12.2 Å². The van der Waals surface area contributed by atoms with Gasteiger partial charge in [0.15, 0.2) is 0 Å². The largest absolute Gasteiger partial charge is 0.311 e. The van der Waals surface area contributed by atoms with Gasteiger partial charge >= 0.3 is 0 Å². The molecule has 1 aliphatic heterocycles. The van der Waals surface area contributed by atoms with Crippen molar-refractivity contribution in [3.8, 4) is 0 Å². The van der Waals surface area contributed by atoms with Gasteiger partial charge in [0.2, 0.25) is 0 Å². The molecule has 0 saturated carbocycles. The van der Waals surface area contributed by atoms with Gasteiger partial charge in [0, 0.05) is 16.2 Å². The Kier molecular flexibility index (Phi) is 5.84. The Labute approximate surface area is 185 Å². The van der Waals surface area contributed by atoms with Crippen molar-refractivity contribution >= 4 is 47.5 Å². The minimum Gasteiger partial charge on any atom is -0.311 e. The van der Waals surface area contributed by atoms with Crippen LogP contribution in [0.15, 0.2) is 90.8 Å². The predicted molar refractivity (Wildman–Crippen MR) is 125 cm³/mol. The van der Waals surface area contributed by atoms with Gasteiger partial charge in [0.25, 0.3) is 0 Å². The molecule has 0 radical (unpaired) electrons. The first-order valence-electron chi connectivity index (χ1n) is 9.37. The molecule has 5 heteroatoms. The van der Waals surface area contributed by atoms with E-state index in [1.807, 2.05) is 77.7 Å². The van der Waals surface area contributed by atoms with E-state index in [0.717, 1.165) is 34.2 Å². The first-order chi connectivity index (χ1) is 14.6. The van der Waals surface area contributed by atoms with Crippen LogP contribution in [0.5, 0.6) is 0 Å². The Morgan fingerprint density at radius 3 is 2.57 bits per heavy atom.